The van der Waals surface area contributed by atoms with Crippen LogP contribution in [0.2, 0.25) is 0 Å². The Balaban J connectivity index is 2.51. The summed E-state index contributed by atoms with van der Waals surface area (Å²) in [7, 11) is 1.21. The molecule has 0 saturated heterocycles. The van der Waals surface area contributed by atoms with Crippen LogP contribution < -0.4 is 10.2 Å². The molecule has 1 aliphatic heterocycles. The van der Waals surface area contributed by atoms with Gasteiger partial charge in [0.1, 0.15) is 23.5 Å². The summed E-state index contributed by atoms with van der Waals surface area (Å²) in [5.41, 5.74) is -0.741. The van der Waals surface area contributed by atoms with Crippen molar-refractivity contribution in [2.75, 3.05) is 7.11 Å². The predicted octanol–water partition coefficient (Wildman–Crippen LogP) is 2.10. The Kier molecular flexibility index (Phi) is 3.05. The lowest BCUT2D eigenvalue weighted by molar-refractivity contribution is 0.0694. The molecule has 0 radical (unpaired) electrons. The first kappa shape index (κ1) is 14.0. The molecule has 0 bridgehead atoms. The molecule has 1 aromatic heterocycles. The molecule has 0 atom stereocenters. The van der Waals surface area contributed by atoms with Crippen LogP contribution in [0.5, 0.6) is 11.5 Å². The monoisotopic (exact) mass is 304 g/mol. The van der Waals surface area contributed by atoms with Gasteiger partial charge >= 0.3 is 5.97 Å². The summed E-state index contributed by atoms with van der Waals surface area (Å²) in [4.78, 5) is 24.1. The lowest BCUT2D eigenvalue weighted by Gasteiger charge is -2.16. The van der Waals surface area contributed by atoms with Crippen molar-refractivity contribution in [1.29, 1.82) is 0 Å². The number of aromatic hydroxyl groups is 1. The molecule has 0 amide bonds. The van der Waals surface area contributed by atoms with E-state index in [1.54, 1.807) is 13.0 Å². The second kappa shape index (κ2) is 4.80. The Labute approximate surface area is 124 Å². The van der Waals surface area contributed by atoms with E-state index in [1.165, 1.54) is 13.2 Å². The van der Waals surface area contributed by atoms with Crippen molar-refractivity contribution >= 4 is 23.0 Å². The molecular formula is C15H12O7. The zero-order valence-corrected chi connectivity index (χ0v) is 11.8. The lowest BCUT2D eigenvalue weighted by atomic mass is 10.0. The number of hydrogen-bond acceptors (Lipinski definition) is 6. The molecule has 3 rings (SSSR count). The lowest BCUT2D eigenvalue weighted by Crippen LogP contribution is -2.18. The number of fused-ring (bicyclic) bond motifs is 2. The van der Waals surface area contributed by atoms with E-state index in [2.05, 4.69) is 0 Å². The number of allylic oxidation sites excluding steroid dienone is 1. The van der Waals surface area contributed by atoms with Gasteiger partial charge in [0.2, 0.25) is 5.43 Å². The Morgan fingerprint density at radius 2 is 2.14 bits per heavy atom. The average molecular weight is 304 g/mol. The molecule has 2 aromatic rings. The number of rotatable bonds is 2. The number of carbonyl (C=O) groups is 1. The van der Waals surface area contributed by atoms with Gasteiger partial charge in [0.15, 0.2) is 11.5 Å². The van der Waals surface area contributed by atoms with Gasteiger partial charge in [-0.3, -0.25) is 4.79 Å². The van der Waals surface area contributed by atoms with Crippen LogP contribution in [0.15, 0.2) is 21.0 Å². The number of aromatic carboxylic acids is 1. The number of methoxy groups -OCH3 is 1. The van der Waals surface area contributed by atoms with E-state index in [0.29, 0.717) is 11.5 Å². The summed E-state index contributed by atoms with van der Waals surface area (Å²) in [6.45, 7) is 1.71. The minimum absolute atomic E-state index is 0.00179. The third-order valence-corrected chi connectivity index (χ3v) is 3.44. The summed E-state index contributed by atoms with van der Waals surface area (Å²) in [6, 6.07) is 1.17. The van der Waals surface area contributed by atoms with E-state index in [1.807, 2.05) is 0 Å². The highest BCUT2D eigenvalue weighted by Crippen LogP contribution is 2.37. The zero-order chi connectivity index (χ0) is 16.0. The summed E-state index contributed by atoms with van der Waals surface area (Å²) in [5, 5.41) is 19.1. The molecule has 0 unspecified atom stereocenters. The largest absolute Gasteiger partial charge is 0.504 e. The van der Waals surface area contributed by atoms with Gasteiger partial charge < -0.3 is 24.1 Å². The van der Waals surface area contributed by atoms with Crippen LogP contribution in [0, 0.1) is 0 Å². The van der Waals surface area contributed by atoms with E-state index in [4.69, 9.17) is 13.9 Å². The molecular weight excluding hydrogens is 292 g/mol. The first-order valence-electron chi connectivity index (χ1n) is 6.38. The number of ether oxygens (including phenoxy) is 2. The zero-order valence-electron chi connectivity index (χ0n) is 11.8. The highest BCUT2D eigenvalue weighted by atomic mass is 16.5. The molecule has 114 valence electrons. The first-order valence-corrected chi connectivity index (χ1v) is 6.38. The van der Waals surface area contributed by atoms with Crippen LogP contribution in [-0.2, 0) is 11.3 Å². The van der Waals surface area contributed by atoms with Crippen LogP contribution in [0.3, 0.4) is 0 Å². The van der Waals surface area contributed by atoms with Gasteiger partial charge in [-0.15, -0.1) is 0 Å². The van der Waals surface area contributed by atoms with Crippen LogP contribution in [-0.4, -0.2) is 23.3 Å². The fourth-order valence-electron chi connectivity index (χ4n) is 2.45. The van der Waals surface area contributed by atoms with Crippen LogP contribution in [0.25, 0.3) is 17.0 Å². The summed E-state index contributed by atoms with van der Waals surface area (Å²) in [6.07, 6.45) is 1.54. The SMILES string of the molecule is COc1c(O)cc2oc3c(c(=O)c2c1C(=O)O)COC(C)=C3. The fraction of sp³-hybridized carbons (Fsp3) is 0.200. The Hall–Kier alpha value is -2.96. The van der Waals surface area contributed by atoms with Gasteiger partial charge in [0.05, 0.1) is 23.8 Å². The molecule has 0 fully saturated rings. The summed E-state index contributed by atoms with van der Waals surface area (Å²) in [5.74, 6) is -1.22. The van der Waals surface area contributed by atoms with Crippen molar-refractivity contribution in [3.8, 4) is 11.5 Å². The normalized spacial score (nSPS) is 13.3. The maximum atomic E-state index is 12.6. The molecule has 2 N–H and O–H groups in total. The van der Waals surface area contributed by atoms with Gasteiger partial charge in [-0.2, -0.15) is 0 Å². The van der Waals surface area contributed by atoms with Crippen molar-refractivity contribution in [2.24, 2.45) is 0 Å². The molecule has 7 heteroatoms. The Bertz CT molecular complexity index is 889. The van der Waals surface area contributed by atoms with Crippen LogP contribution in [0.4, 0.5) is 0 Å². The number of benzene rings is 1. The smallest absolute Gasteiger partial charge is 0.340 e. The van der Waals surface area contributed by atoms with E-state index in [0.717, 1.165) is 0 Å². The molecule has 0 spiro atoms. The Morgan fingerprint density at radius 1 is 1.41 bits per heavy atom. The minimum atomic E-state index is -1.39. The summed E-state index contributed by atoms with van der Waals surface area (Å²) >= 11 is 0. The average Bonchev–Trinajstić information content (AvgIpc) is 2.45. The quantitative estimate of drug-likeness (QED) is 0.874. The Morgan fingerprint density at radius 3 is 2.77 bits per heavy atom. The molecule has 0 saturated carbocycles. The number of hydrogen-bond donors (Lipinski definition) is 2. The van der Waals surface area contributed by atoms with Gasteiger partial charge in [-0.05, 0) is 6.92 Å². The number of carboxylic acids is 1. The predicted molar refractivity (Wildman–Crippen MR) is 76.1 cm³/mol. The van der Waals surface area contributed by atoms with Crippen molar-refractivity contribution < 1.29 is 28.9 Å². The van der Waals surface area contributed by atoms with E-state index < -0.39 is 22.7 Å². The molecule has 7 nitrogen and oxygen atoms in total. The number of carboxylic acid groups (broad SMARTS) is 1. The van der Waals surface area contributed by atoms with E-state index >= 15 is 0 Å². The molecule has 2 heterocycles. The van der Waals surface area contributed by atoms with Crippen molar-refractivity contribution in [2.45, 2.75) is 13.5 Å². The first-order chi connectivity index (χ1) is 10.4. The van der Waals surface area contributed by atoms with Crippen LogP contribution >= 0.6 is 0 Å². The highest BCUT2D eigenvalue weighted by Gasteiger charge is 2.26. The highest BCUT2D eigenvalue weighted by molar-refractivity contribution is 6.06. The van der Waals surface area contributed by atoms with Crippen LogP contribution in [0.1, 0.15) is 28.6 Å². The molecule has 1 aromatic carbocycles. The maximum Gasteiger partial charge on any atom is 0.340 e. The number of phenolic OH excluding ortho intramolecular Hbond substituents is 1. The third kappa shape index (κ3) is 1.90. The fourth-order valence-corrected chi connectivity index (χ4v) is 2.45. The second-order valence-corrected chi connectivity index (χ2v) is 4.80. The molecule has 0 aliphatic carbocycles. The standard InChI is InChI=1S/C15H12O7/c1-6-3-9-7(5-21-6)13(17)11-10(22-9)4-8(16)14(20-2)12(11)15(18)19/h3-4,16H,5H2,1-2H3,(H,18,19). The topological polar surface area (TPSA) is 106 Å². The van der Waals surface area contributed by atoms with Gasteiger partial charge in [0.25, 0.3) is 0 Å². The maximum absolute atomic E-state index is 12.6. The van der Waals surface area contributed by atoms with Crippen molar-refractivity contribution in [1.82, 2.24) is 0 Å². The van der Waals surface area contributed by atoms with Crippen molar-refractivity contribution in [3.63, 3.8) is 0 Å². The summed E-state index contributed by atoms with van der Waals surface area (Å²) < 4.78 is 15.8. The number of phenols is 1. The van der Waals surface area contributed by atoms with Crippen molar-refractivity contribution in [3.05, 3.63) is 38.9 Å². The van der Waals surface area contributed by atoms with E-state index in [-0.39, 0.29) is 28.9 Å². The minimum Gasteiger partial charge on any atom is -0.504 e. The molecule has 22 heavy (non-hydrogen) atoms. The third-order valence-electron chi connectivity index (χ3n) is 3.44. The molecule has 1 aliphatic rings. The van der Waals surface area contributed by atoms with Gasteiger partial charge in [-0.25, -0.2) is 4.79 Å². The van der Waals surface area contributed by atoms with Gasteiger partial charge in [0, 0.05) is 12.1 Å². The second-order valence-electron chi connectivity index (χ2n) is 4.80. The van der Waals surface area contributed by atoms with E-state index in [9.17, 15) is 19.8 Å². The van der Waals surface area contributed by atoms with Gasteiger partial charge in [-0.1, -0.05) is 0 Å².